The van der Waals surface area contributed by atoms with Crippen molar-refractivity contribution in [2.24, 2.45) is 17.8 Å². The predicted molar refractivity (Wildman–Crippen MR) is 59.6 cm³/mol. The van der Waals surface area contributed by atoms with E-state index in [1.54, 1.807) is 0 Å². The molecule has 2 heterocycles. The fraction of sp³-hybridized carbons (Fsp3) is 0.667. The second kappa shape index (κ2) is 3.68. The molecule has 16 heavy (non-hydrogen) atoms. The van der Waals surface area contributed by atoms with Gasteiger partial charge in [-0.2, -0.15) is 0 Å². The Balaban J connectivity index is 1.86. The Kier molecular flexibility index (Phi) is 2.30. The van der Waals surface area contributed by atoms with E-state index in [0.29, 0.717) is 17.7 Å². The molecular formula is C12H16FN3. The third kappa shape index (κ3) is 1.47. The minimum Gasteiger partial charge on any atom is -0.354 e. The second-order valence-electron chi connectivity index (χ2n) is 5.06. The molecule has 2 aliphatic rings. The van der Waals surface area contributed by atoms with Crippen LogP contribution in [-0.4, -0.2) is 23.1 Å². The van der Waals surface area contributed by atoms with Gasteiger partial charge in [0, 0.05) is 13.1 Å². The van der Waals surface area contributed by atoms with Crippen molar-refractivity contribution in [2.75, 3.05) is 18.0 Å². The minimum absolute atomic E-state index is 0.295. The summed E-state index contributed by atoms with van der Waals surface area (Å²) in [5.41, 5.74) is 0. The first-order valence-electron chi connectivity index (χ1n) is 5.96. The van der Waals surface area contributed by atoms with E-state index in [0.717, 1.165) is 19.0 Å². The van der Waals surface area contributed by atoms with Crippen molar-refractivity contribution in [3.63, 3.8) is 0 Å². The first-order valence-corrected chi connectivity index (χ1v) is 5.96. The summed E-state index contributed by atoms with van der Waals surface area (Å²) in [6.45, 7) is 4.23. The van der Waals surface area contributed by atoms with Gasteiger partial charge >= 0.3 is 0 Å². The van der Waals surface area contributed by atoms with Gasteiger partial charge in [0.25, 0.3) is 0 Å². The first kappa shape index (κ1) is 10.00. The molecular weight excluding hydrogens is 205 g/mol. The van der Waals surface area contributed by atoms with Gasteiger partial charge in [-0.15, -0.1) is 0 Å². The van der Waals surface area contributed by atoms with E-state index in [1.165, 1.54) is 25.4 Å². The van der Waals surface area contributed by atoms with E-state index >= 15 is 0 Å². The van der Waals surface area contributed by atoms with Crippen molar-refractivity contribution in [2.45, 2.75) is 19.8 Å². The molecule has 1 aliphatic carbocycles. The van der Waals surface area contributed by atoms with Gasteiger partial charge in [-0.05, 0) is 30.6 Å². The van der Waals surface area contributed by atoms with Crippen LogP contribution in [0, 0.1) is 23.6 Å². The van der Waals surface area contributed by atoms with Crippen LogP contribution in [0.5, 0.6) is 0 Å². The molecule has 3 atom stereocenters. The molecule has 3 nitrogen and oxygen atoms in total. The Labute approximate surface area is 94.7 Å². The molecule has 2 unspecified atom stereocenters. The van der Waals surface area contributed by atoms with Crippen LogP contribution in [0.15, 0.2) is 12.5 Å². The zero-order valence-electron chi connectivity index (χ0n) is 9.43. The van der Waals surface area contributed by atoms with Gasteiger partial charge in [-0.1, -0.05) is 6.92 Å². The number of halogens is 1. The second-order valence-corrected chi connectivity index (χ2v) is 5.06. The third-order valence-corrected chi connectivity index (χ3v) is 4.25. The lowest BCUT2D eigenvalue weighted by Gasteiger charge is -2.37. The summed E-state index contributed by atoms with van der Waals surface area (Å²) < 4.78 is 13.6. The van der Waals surface area contributed by atoms with Crippen LogP contribution >= 0.6 is 0 Å². The van der Waals surface area contributed by atoms with E-state index in [-0.39, 0.29) is 5.82 Å². The van der Waals surface area contributed by atoms with Gasteiger partial charge in [-0.3, -0.25) is 0 Å². The molecule has 86 valence electrons. The fourth-order valence-corrected chi connectivity index (χ4v) is 3.21. The molecule has 2 bridgehead atoms. The molecule has 0 radical (unpaired) electrons. The maximum absolute atomic E-state index is 13.6. The Morgan fingerprint density at radius 3 is 2.62 bits per heavy atom. The maximum atomic E-state index is 13.6. The van der Waals surface area contributed by atoms with Crippen LogP contribution in [0.25, 0.3) is 0 Å². The van der Waals surface area contributed by atoms with Crippen molar-refractivity contribution in [1.29, 1.82) is 0 Å². The highest BCUT2D eigenvalue weighted by Gasteiger charge is 2.40. The van der Waals surface area contributed by atoms with E-state index in [4.69, 9.17) is 0 Å². The molecule has 0 aromatic carbocycles. The summed E-state index contributed by atoms with van der Waals surface area (Å²) in [4.78, 5) is 9.86. The highest BCUT2D eigenvalue weighted by atomic mass is 19.1. The van der Waals surface area contributed by atoms with Crippen molar-refractivity contribution in [3.05, 3.63) is 18.3 Å². The summed E-state index contributed by atoms with van der Waals surface area (Å²) in [5.74, 6) is 2.41. The zero-order valence-corrected chi connectivity index (χ0v) is 9.43. The Morgan fingerprint density at radius 1 is 1.31 bits per heavy atom. The third-order valence-electron chi connectivity index (χ3n) is 4.25. The summed E-state index contributed by atoms with van der Waals surface area (Å²) in [6, 6.07) is 0. The van der Waals surface area contributed by atoms with Crippen LogP contribution in [0.4, 0.5) is 10.2 Å². The maximum Gasteiger partial charge on any atom is 0.183 e. The van der Waals surface area contributed by atoms with Crippen LogP contribution in [0.1, 0.15) is 19.8 Å². The van der Waals surface area contributed by atoms with Crippen LogP contribution in [0.3, 0.4) is 0 Å². The van der Waals surface area contributed by atoms with E-state index in [1.807, 2.05) is 0 Å². The van der Waals surface area contributed by atoms with E-state index < -0.39 is 0 Å². The summed E-state index contributed by atoms with van der Waals surface area (Å²) >= 11 is 0. The van der Waals surface area contributed by atoms with Crippen molar-refractivity contribution < 1.29 is 4.39 Å². The molecule has 1 saturated heterocycles. The average Bonchev–Trinajstić information content (AvgIpc) is 2.53. The van der Waals surface area contributed by atoms with E-state index in [9.17, 15) is 4.39 Å². The lowest BCUT2D eigenvalue weighted by Crippen LogP contribution is -2.41. The largest absolute Gasteiger partial charge is 0.354 e. The highest BCUT2D eigenvalue weighted by molar-refractivity contribution is 5.39. The van der Waals surface area contributed by atoms with Gasteiger partial charge in [0.05, 0.1) is 6.20 Å². The molecule has 1 aliphatic heterocycles. The summed E-state index contributed by atoms with van der Waals surface area (Å²) in [5, 5.41) is 0. The molecule has 4 heteroatoms. The molecule has 3 rings (SSSR count). The number of hydrogen-bond acceptors (Lipinski definition) is 3. The van der Waals surface area contributed by atoms with Crippen LogP contribution < -0.4 is 4.90 Å². The van der Waals surface area contributed by atoms with Gasteiger partial charge in [0.2, 0.25) is 0 Å². The van der Waals surface area contributed by atoms with Gasteiger partial charge in [-0.25, -0.2) is 14.4 Å². The number of fused-ring (bicyclic) bond motifs is 2. The number of piperidine rings is 1. The zero-order chi connectivity index (χ0) is 11.1. The summed E-state index contributed by atoms with van der Waals surface area (Å²) in [7, 11) is 0. The standard InChI is InChI=1S/C12H16FN3/c1-8-9-2-3-10(8)6-16(5-9)12-11(13)4-14-7-15-12/h4,7-10H,2-3,5-6H2,1H3/t8?,9-,10?/m0/s1. The summed E-state index contributed by atoms with van der Waals surface area (Å²) in [6.07, 6.45) is 5.25. The highest BCUT2D eigenvalue weighted by Crippen LogP contribution is 2.42. The Morgan fingerprint density at radius 2 is 2.00 bits per heavy atom. The lowest BCUT2D eigenvalue weighted by atomic mass is 9.87. The predicted octanol–water partition coefficient (Wildman–Crippen LogP) is 2.10. The molecule has 1 aromatic heterocycles. The van der Waals surface area contributed by atoms with Gasteiger partial charge in [0.15, 0.2) is 11.6 Å². The van der Waals surface area contributed by atoms with E-state index in [2.05, 4.69) is 21.8 Å². The number of hydrogen-bond donors (Lipinski definition) is 0. The van der Waals surface area contributed by atoms with Crippen LogP contribution in [0.2, 0.25) is 0 Å². The average molecular weight is 221 g/mol. The number of anilines is 1. The Bertz CT molecular complexity index is 382. The molecule has 0 amide bonds. The SMILES string of the molecule is CC1C2CC[C@H]1CN(c1ncncc1F)C2. The number of aromatic nitrogens is 2. The minimum atomic E-state index is -0.295. The normalized spacial score (nSPS) is 33.1. The smallest absolute Gasteiger partial charge is 0.183 e. The van der Waals surface area contributed by atoms with Crippen molar-refractivity contribution in [3.8, 4) is 0 Å². The first-order chi connectivity index (χ1) is 7.75. The monoisotopic (exact) mass is 221 g/mol. The molecule has 2 fully saturated rings. The molecule has 1 aromatic rings. The van der Waals surface area contributed by atoms with Gasteiger partial charge in [0.1, 0.15) is 6.33 Å². The van der Waals surface area contributed by atoms with Crippen molar-refractivity contribution in [1.82, 2.24) is 9.97 Å². The van der Waals surface area contributed by atoms with Crippen LogP contribution in [-0.2, 0) is 0 Å². The molecule has 1 saturated carbocycles. The quantitative estimate of drug-likeness (QED) is 0.727. The lowest BCUT2D eigenvalue weighted by molar-refractivity contribution is 0.292. The van der Waals surface area contributed by atoms with Gasteiger partial charge < -0.3 is 4.90 Å². The topological polar surface area (TPSA) is 29.0 Å². The van der Waals surface area contributed by atoms with Crippen molar-refractivity contribution >= 4 is 5.82 Å². The Hall–Kier alpha value is -1.19. The molecule has 0 N–H and O–H groups in total. The molecule has 0 spiro atoms. The fourth-order valence-electron chi connectivity index (χ4n) is 3.21. The number of nitrogens with zero attached hydrogens (tertiary/aromatic N) is 3. The number of rotatable bonds is 1.